The van der Waals surface area contributed by atoms with E-state index in [0.717, 1.165) is 29.7 Å². The zero-order chi connectivity index (χ0) is 19.8. The molecule has 1 spiro atoms. The molecule has 1 aromatic carbocycles. The summed E-state index contributed by atoms with van der Waals surface area (Å²) in [4.78, 5) is 40.4. The molecule has 2 aliphatic rings. The summed E-state index contributed by atoms with van der Waals surface area (Å²) < 4.78 is 0. The number of halogens is 2. The van der Waals surface area contributed by atoms with Gasteiger partial charge in [0.25, 0.3) is 5.91 Å². The van der Waals surface area contributed by atoms with E-state index in [1.807, 2.05) is 6.92 Å². The molecule has 1 aliphatic heterocycles. The van der Waals surface area contributed by atoms with E-state index in [1.54, 1.807) is 25.2 Å². The highest BCUT2D eigenvalue weighted by Crippen LogP contribution is 2.38. The highest BCUT2D eigenvalue weighted by atomic mass is 35.5. The Morgan fingerprint density at radius 2 is 2.04 bits per heavy atom. The van der Waals surface area contributed by atoms with Crippen LogP contribution in [0.25, 0.3) is 0 Å². The van der Waals surface area contributed by atoms with Crippen molar-refractivity contribution in [2.45, 2.75) is 44.7 Å². The molecule has 3 rings (SSSR count). The van der Waals surface area contributed by atoms with Crippen LogP contribution >= 0.6 is 23.2 Å². The van der Waals surface area contributed by atoms with Crippen molar-refractivity contribution in [1.82, 2.24) is 15.1 Å². The second-order valence-electron chi connectivity index (χ2n) is 7.44. The number of rotatable bonds is 4. The Hall–Kier alpha value is -1.79. The third kappa shape index (κ3) is 3.78. The minimum Gasteiger partial charge on any atom is -0.340 e. The number of hydrogen-bond donors (Lipinski definition) is 1. The molecule has 1 saturated heterocycles. The van der Waals surface area contributed by atoms with Crippen LogP contribution in [-0.2, 0) is 16.1 Å². The van der Waals surface area contributed by atoms with Crippen LogP contribution in [0.3, 0.4) is 0 Å². The normalized spacial score (nSPS) is 25.0. The monoisotopic (exact) mass is 411 g/mol. The largest absolute Gasteiger partial charge is 0.340 e. The lowest BCUT2D eigenvalue weighted by Gasteiger charge is -2.36. The number of likely N-dealkylation sites (N-methyl/N-ethyl adjacent to an activating group) is 1. The molecule has 4 amide bonds. The molecule has 1 heterocycles. The van der Waals surface area contributed by atoms with Crippen LogP contribution in [0.4, 0.5) is 4.79 Å². The van der Waals surface area contributed by atoms with Gasteiger partial charge in [-0.3, -0.25) is 14.5 Å². The molecule has 8 heteroatoms. The van der Waals surface area contributed by atoms with E-state index in [1.165, 1.54) is 4.90 Å². The van der Waals surface area contributed by atoms with E-state index in [-0.39, 0.29) is 24.3 Å². The third-order valence-corrected chi connectivity index (χ3v) is 6.36. The summed E-state index contributed by atoms with van der Waals surface area (Å²) in [6, 6.07) is 4.67. The van der Waals surface area contributed by atoms with Crippen molar-refractivity contribution in [2.24, 2.45) is 5.92 Å². The molecular formula is C19H23Cl2N3O3. The van der Waals surface area contributed by atoms with E-state index < -0.39 is 11.6 Å². The van der Waals surface area contributed by atoms with Gasteiger partial charge in [0.2, 0.25) is 5.91 Å². The van der Waals surface area contributed by atoms with Crippen molar-refractivity contribution in [3.8, 4) is 0 Å². The molecule has 1 aromatic rings. The average Bonchev–Trinajstić information content (AvgIpc) is 2.85. The predicted octanol–water partition coefficient (Wildman–Crippen LogP) is 3.45. The molecular weight excluding hydrogens is 389 g/mol. The minimum absolute atomic E-state index is 0.0664. The first kappa shape index (κ1) is 20.0. The highest BCUT2D eigenvalue weighted by molar-refractivity contribution is 6.42. The van der Waals surface area contributed by atoms with Gasteiger partial charge < -0.3 is 10.2 Å². The molecule has 0 unspecified atom stereocenters. The van der Waals surface area contributed by atoms with E-state index in [4.69, 9.17) is 23.2 Å². The van der Waals surface area contributed by atoms with Crippen molar-refractivity contribution < 1.29 is 14.4 Å². The predicted molar refractivity (Wildman–Crippen MR) is 104 cm³/mol. The van der Waals surface area contributed by atoms with Gasteiger partial charge in [-0.05, 0) is 36.5 Å². The quantitative estimate of drug-likeness (QED) is 0.771. The summed E-state index contributed by atoms with van der Waals surface area (Å²) in [5.41, 5.74) is -0.0347. The lowest BCUT2D eigenvalue weighted by Crippen LogP contribution is -2.54. The smallest absolute Gasteiger partial charge is 0.325 e. The summed E-state index contributed by atoms with van der Waals surface area (Å²) in [5.74, 6) is -0.530. The Labute approximate surface area is 168 Å². The van der Waals surface area contributed by atoms with Crippen molar-refractivity contribution in [3.05, 3.63) is 33.8 Å². The SMILES string of the molecule is C[C@@H]1CCCC[C@]12NC(=O)N(CC(=O)N(C)Cc1ccc(Cl)c(Cl)c1)C2=O. The van der Waals surface area contributed by atoms with Crippen molar-refractivity contribution in [1.29, 1.82) is 0 Å². The van der Waals surface area contributed by atoms with Crippen molar-refractivity contribution >= 4 is 41.0 Å². The number of imide groups is 1. The van der Waals surface area contributed by atoms with Gasteiger partial charge in [-0.25, -0.2) is 4.79 Å². The highest BCUT2D eigenvalue weighted by Gasteiger charge is 2.55. The maximum absolute atomic E-state index is 12.9. The Morgan fingerprint density at radius 1 is 1.30 bits per heavy atom. The number of benzene rings is 1. The average molecular weight is 412 g/mol. The first-order chi connectivity index (χ1) is 12.7. The summed E-state index contributed by atoms with van der Waals surface area (Å²) >= 11 is 11.9. The zero-order valence-electron chi connectivity index (χ0n) is 15.4. The van der Waals surface area contributed by atoms with Crippen LogP contribution < -0.4 is 5.32 Å². The van der Waals surface area contributed by atoms with Crippen LogP contribution in [-0.4, -0.2) is 46.8 Å². The third-order valence-electron chi connectivity index (χ3n) is 5.62. The Morgan fingerprint density at radius 3 is 2.70 bits per heavy atom. The lowest BCUT2D eigenvalue weighted by atomic mass is 9.73. The zero-order valence-corrected chi connectivity index (χ0v) is 16.9. The lowest BCUT2D eigenvalue weighted by molar-refractivity contribution is -0.140. The number of carbonyl (C=O) groups is 3. The molecule has 27 heavy (non-hydrogen) atoms. The van der Waals surface area contributed by atoms with E-state index in [0.29, 0.717) is 23.0 Å². The molecule has 146 valence electrons. The molecule has 6 nitrogen and oxygen atoms in total. The van der Waals surface area contributed by atoms with Gasteiger partial charge in [0, 0.05) is 13.6 Å². The summed E-state index contributed by atoms with van der Waals surface area (Å²) in [5, 5.41) is 3.72. The second kappa shape index (κ2) is 7.68. The number of amides is 4. The van der Waals surface area contributed by atoms with Gasteiger partial charge in [0.05, 0.1) is 10.0 Å². The number of carbonyl (C=O) groups excluding carboxylic acids is 3. The maximum atomic E-state index is 12.9. The molecule has 0 bridgehead atoms. The molecule has 0 radical (unpaired) electrons. The standard InChI is InChI=1S/C19H23Cl2N3O3/c1-12-5-3-4-8-19(12)17(26)24(18(27)22-19)11-16(25)23(2)10-13-6-7-14(20)15(21)9-13/h6-7,9,12H,3-5,8,10-11H2,1-2H3,(H,22,27)/t12-,19+/m1/s1. The fourth-order valence-corrected chi connectivity index (χ4v) is 4.22. The van der Waals surface area contributed by atoms with Gasteiger partial charge in [0.1, 0.15) is 12.1 Å². The minimum atomic E-state index is -0.849. The van der Waals surface area contributed by atoms with Gasteiger partial charge in [0.15, 0.2) is 0 Å². The first-order valence-electron chi connectivity index (χ1n) is 9.06. The Bertz CT molecular complexity index is 785. The topological polar surface area (TPSA) is 69.7 Å². The fraction of sp³-hybridized carbons (Fsp3) is 0.526. The number of nitrogens with zero attached hydrogens (tertiary/aromatic N) is 2. The van der Waals surface area contributed by atoms with Crippen molar-refractivity contribution in [2.75, 3.05) is 13.6 Å². The summed E-state index contributed by atoms with van der Waals surface area (Å²) in [6.07, 6.45) is 3.47. The molecule has 1 aliphatic carbocycles. The molecule has 0 aromatic heterocycles. The molecule has 1 N–H and O–H groups in total. The first-order valence-corrected chi connectivity index (χ1v) is 9.82. The number of nitrogens with one attached hydrogen (secondary N) is 1. The van der Waals surface area contributed by atoms with E-state index in [9.17, 15) is 14.4 Å². The van der Waals surface area contributed by atoms with Crippen LogP contribution in [0, 0.1) is 5.92 Å². The van der Waals surface area contributed by atoms with Gasteiger partial charge in [-0.2, -0.15) is 0 Å². The molecule has 1 saturated carbocycles. The second-order valence-corrected chi connectivity index (χ2v) is 8.25. The number of urea groups is 1. The van der Waals surface area contributed by atoms with Gasteiger partial charge >= 0.3 is 6.03 Å². The van der Waals surface area contributed by atoms with E-state index in [2.05, 4.69) is 5.32 Å². The summed E-state index contributed by atoms with van der Waals surface area (Å²) in [7, 11) is 1.63. The summed E-state index contributed by atoms with van der Waals surface area (Å²) in [6.45, 7) is 2.02. The van der Waals surface area contributed by atoms with Crippen LogP contribution in [0.2, 0.25) is 10.0 Å². The van der Waals surface area contributed by atoms with Gasteiger partial charge in [-0.15, -0.1) is 0 Å². The molecule has 2 fully saturated rings. The number of hydrogen-bond acceptors (Lipinski definition) is 3. The Balaban J connectivity index is 1.67. The fourth-order valence-electron chi connectivity index (χ4n) is 3.90. The van der Waals surface area contributed by atoms with Gasteiger partial charge in [-0.1, -0.05) is 49.0 Å². The van der Waals surface area contributed by atoms with E-state index >= 15 is 0 Å². The maximum Gasteiger partial charge on any atom is 0.325 e. The Kier molecular flexibility index (Phi) is 5.68. The molecule has 2 atom stereocenters. The van der Waals surface area contributed by atoms with Crippen LogP contribution in [0.1, 0.15) is 38.2 Å². The van der Waals surface area contributed by atoms with Crippen LogP contribution in [0.5, 0.6) is 0 Å². The van der Waals surface area contributed by atoms with Crippen molar-refractivity contribution in [3.63, 3.8) is 0 Å². The van der Waals surface area contributed by atoms with Crippen LogP contribution in [0.15, 0.2) is 18.2 Å².